The molecule has 0 aromatic heterocycles. The third-order valence-corrected chi connectivity index (χ3v) is 4.44. The minimum Gasteiger partial charge on any atom is -0.481 e. The highest BCUT2D eigenvalue weighted by molar-refractivity contribution is 5.84. The number of benzene rings is 1. The van der Waals surface area contributed by atoms with E-state index in [0.717, 1.165) is 12.0 Å². The lowest BCUT2D eigenvalue weighted by Gasteiger charge is -2.36. The molecular weight excluding hydrogens is 266 g/mol. The second kappa shape index (κ2) is 6.74. The molecule has 1 heterocycles. The van der Waals surface area contributed by atoms with Gasteiger partial charge in [-0.05, 0) is 24.3 Å². The normalized spacial score (nSPS) is 23.6. The van der Waals surface area contributed by atoms with E-state index in [2.05, 4.69) is 0 Å². The maximum Gasteiger partial charge on any atom is 0.306 e. The van der Waals surface area contributed by atoms with Crippen LogP contribution >= 0.6 is 0 Å². The number of hydrogen-bond acceptors (Lipinski definition) is 2. The largest absolute Gasteiger partial charge is 0.481 e. The smallest absolute Gasteiger partial charge is 0.306 e. The fourth-order valence-electron chi connectivity index (χ4n) is 3.17. The maximum atomic E-state index is 12.7. The quantitative estimate of drug-likeness (QED) is 0.927. The number of rotatable bonds is 4. The zero-order valence-corrected chi connectivity index (χ0v) is 12.7. The van der Waals surface area contributed by atoms with Crippen molar-refractivity contribution in [3.05, 3.63) is 35.9 Å². The molecule has 2 rings (SSSR count). The zero-order chi connectivity index (χ0) is 15.4. The van der Waals surface area contributed by atoms with E-state index in [1.807, 2.05) is 49.1 Å². The summed E-state index contributed by atoms with van der Waals surface area (Å²) in [5.41, 5.74) is 1.04. The van der Waals surface area contributed by atoms with E-state index in [1.165, 1.54) is 0 Å². The SMILES string of the molecule is CCC(C(=O)N1CCC(C(=O)O)C(C)C1)c1ccccc1. The number of carboxylic acids is 1. The summed E-state index contributed by atoms with van der Waals surface area (Å²) in [5.74, 6) is -1.07. The van der Waals surface area contributed by atoms with Crippen LogP contribution in [-0.4, -0.2) is 35.0 Å². The number of hydrogen-bond donors (Lipinski definition) is 1. The van der Waals surface area contributed by atoms with Crippen LogP contribution in [0.2, 0.25) is 0 Å². The molecule has 1 amide bonds. The molecule has 1 fully saturated rings. The van der Waals surface area contributed by atoms with E-state index in [9.17, 15) is 9.59 Å². The first-order valence-corrected chi connectivity index (χ1v) is 7.61. The van der Waals surface area contributed by atoms with Gasteiger partial charge >= 0.3 is 5.97 Å². The van der Waals surface area contributed by atoms with Crippen LogP contribution in [0.4, 0.5) is 0 Å². The van der Waals surface area contributed by atoms with Crippen molar-refractivity contribution in [3.8, 4) is 0 Å². The lowest BCUT2D eigenvalue weighted by atomic mass is 9.85. The molecule has 4 heteroatoms. The minimum atomic E-state index is -0.746. The monoisotopic (exact) mass is 289 g/mol. The average molecular weight is 289 g/mol. The van der Waals surface area contributed by atoms with Crippen molar-refractivity contribution in [1.29, 1.82) is 0 Å². The molecule has 3 unspecified atom stereocenters. The van der Waals surface area contributed by atoms with Crippen molar-refractivity contribution in [1.82, 2.24) is 4.90 Å². The second-order valence-corrected chi connectivity index (χ2v) is 5.87. The Kier molecular flexibility index (Phi) is 4.99. The molecule has 114 valence electrons. The van der Waals surface area contributed by atoms with Gasteiger partial charge in [0.25, 0.3) is 0 Å². The molecule has 0 bridgehead atoms. The number of carbonyl (C=O) groups is 2. The van der Waals surface area contributed by atoms with Gasteiger partial charge in [-0.15, -0.1) is 0 Å². The third-order valence-electron chi connectivity index (χ3n) is 4.44. The van der Waals surface area contributed by atoms with Gasteiger partial charge < -0.3 is 10.0 Å². The molecule has 1 aromatic carbocycles. The fourth-order valence-corrected chi connectivity index (χ4v) is 3.17. The molecule has 1 aliphatic rings. The Bertz CT molecular complexity index is 500. The van der Waals surface area contributed by atoms with Crippen LogP contribution in [0.15, 0.2) is 30.3 Å². The Morgan fingerprint density at radius 3 is 2.52 bits per heavy atom. The van der Waals surface area contributed by atoms with Gasteiger partial charge in [0.05, 0.1) is 11.8 Å². The van der Waals surface area contributed by atoms with Crippen LogP contribution in [0.3, 0.4) is 0 Å². The van der Waals surface area contributed by atoms with Gasteiger partial charge in [-0.25, -0.2) is 0 Å². The second-order valence-electron chi connectivity index (χ2n) is 5.87. The van der Waals surface area contributed by atoms with Gasteiger partial charge in [0.15, 0.2) is 0 Å². The van der Waals surface area contributed by atoms with E-state index in [1.54, 1.807) is 0 Å². The summed E-state index contributed by atoms with van der Waals surface area (Å²) in [7, 11) is 0. The van der Waals surface area contributed by atoms with E-state index in [0.29, 0.717) is 19.5 Å². The molecule has 1 saturated heterocycles. The van der Waals surface area contributed by atoms with E-state index < -0.39 is 5.97 Å². The van der Waals surface area contributed by atoms with Crippen LogP contribution in [-0.2, 0) is 9.59 Å². The van der Waals surface area contributed by atoms with E-state index >= 15 is 0 Å². The zero-order valence-electron chi connectivity index (χ0n) is 12.7. The van der Waals surface area contributed by atoms with Gasteiger partial charge in [-0.2, -0.15) is 0 Å². The first kappa shape index (κ1) is 15.5. The van der Waals surface area contributed by atoms with Crippen molar-refractivity contribution in [2.24, 2.45) is 11.8 Å². The molecule has 1 aliphatic heterocycles. The van der Waals surface area contributed by atoms with Crippen molar-refractivity contribution in [3.63, 3.8) is 0 Å². The summed E-state index contributed by atoms with van der Waals surface area (Å²) in [5, 5.41) is 9.16. The Balaban J connectivity index is 2.08. The minimum absolute atomic E-state index is 0.00785. The van der Waals surface area contributed by atoms with E-state index in [-0.39, 0.29) is 23.7 Å². The van der Waals surface area contributed by atoms with Crippen LogP contribution in [0, 0.1) is 11.8 Å². The molecule has 21 heavy (non-hydrogen) atoms. The summed E-state index contributed by atoms with van der Waals surface area (Å²) >= 11 is 0. The van der Waals surface area contributed by atoms with Crippen LogP contribution in [0.5, 0.6) is 0 Å². The molecule has 0 saturated carbocycles. The van der Waals surface area contributed by atoms with Gasteiger partial charge in [0, 0.05) is 13.1 Å². The van der Waals surface area contributed by atoms with Gasteiger partial charge in [-0.3, -0.25) is 9.59 Å². The molecule has 4 nitrogen and oxygen atoms in total. The number of carbonyl (C=O) groups excluding carboxylic acids is 1. The first-order valence-electron chi connectivity index (χ1n) is 7.61. The van der Waals surface area contributed by atoms with Crippen molar-refractivity contribution in [2.75, 3.05) is 13.1 Å². The van der Waals surface area contributed by atoms with Gasteiger partial charge in [-0.1, -0.05) is 44.2 Å². The van der Waals surface area contributed by atoms with Crippen LogP contribution in [0.25, 0.3) is 0 Å². The van der Waals surface area contributed by atoms with Crippen molar-refractivity contribution < 1.29 is 14.7 Å². The summed E-state index contributed by atoms with van der Waals surface area (Å²) in [4.78, 5) is 25.7. The van der Waals surface area contributed by atoms with Crippen LogP contribution in [0.1, 0.15) is 38.2 Å². The highest BCUT2D eigenvalue weighted by atomic mass is 16.4. The van der Waals surface area contributed by atoms with Gasteiger partial charge in [0.1, 0.15) is 0 Å². The fraction of sp³-hybridized carbons (Fsp3) is 0.529. The molecular formula is C17H23NO3. The number of likely N-dealkylation sites (tertiary alicyclic amines) is 1. The lowest BCUT2D eigenvalue weighted by molar-refractivity contribution is -0.148. The molecule has 1 aromatic rings. The summed E-state index contributed by atoms with van der Waals surface area (Å²) in [6.45, 7) is 5.02. The van der Waals surface area contributed by atoms with Crippen molar-refractivity contribution in [2.45, 2.75) is 32.6 Å². The third kappa shape index (κ3) is 3.43. The molecule has 1 N–H and O–H groups in total. The molecule has 3 atom stereocenters. The number of aliphatic carboxylic acids is 1. The van der Waals surface area contributed by atoms with Crippen molar-refractivity contribution >= 4 is 11.9 Å². The topological polar surface area (TPSA) is 57.6 Å². The van der Waals surface area contributed by atoms with E-state index in [4.69, 9.17) is 5.11 Å². The predicted molar refractivity (Wildman–Crippen MR) is 81.0 cm³/mol. The Hall–Kier alpha value is -1.84. The number of amides is 1. The predicted octanol–water partition coefficient (Wildman–Crippen LogP) is 2.75. The number of nitrogens with zero attached hydrogens (tertiary/aromatic N) is 1. The molecule has 0 aliphatic carbocycles. The Morgan fingerprint density at radius 1 is 1.33 bits per heavy atom. The van der Waals surface area contributed by atoms with Gasteiger partial charge in [0.2, 0.25) is 5.91 Å². The first-order chi connectivity index (χ1) is 10.0. The van der Waals surface area contributed by atoms with Crippen LogP contribution < -0.4 is 0 Å². The summed E-state index contributed by atoms with van der Waals surface area (Å²) in [6, 6.07) is 9.81. The highest BCUT2D eigenvalue weighted by Crippen LogP contribution is 2.28. The molecule has 0 radical (unpaired) electrons. The highest BCUT2D eigenvalue weighted by Gasteiger charge is 2.35. The number of carboxylic acid groups (broad SMARTS) is 1. The number of piperidine rings is 1. The summed E-state index contributed by atoms with van der Waals surface area (Å²) in [6.07, 6.45) is 1.31. The average Bonchev–Trinajstić information content (AvgIpc) is 2.48. The lowest BCUT2D eigenvalue weighted by Crippen LogP contribution is -2.46. The Labute approximate surface area is 125 Å². The maximum absolute atomic E-state index is 12.7. The summed E-state index contributed by atoms with van der Waals surface area (Å²) < 4.78 is 0. The Morgan fingerprint density at radius 2 is 2.00 bits per heavy atom. The standard InChI is InChI=1S/C17H23NO3/c1-3-14(13-7-5-4-6-8-13)16(19)18-10-9-15(17(20)21)12(2)11-18/h4-8,12,14-15H,3,9-11H2,1-2H3,(H,20,21). The molecule has 0 spiro atoms.